The Hall–Kier alpha value is -1.36. The van der Waals surface area contributed by atoms with E-state index in [0.717, 1.165) is 48.6 Å². The van der Waals surface area contributed by atoms with Crippen molar-refractivity contribution in [3.8, 4) is 0 Å². The fraction of sp³-hybridized carbons (Fsp3) is 0.619. The van der Waals surface area contributed by atoms with Gasteiger partial charge in [-0.3, -0.25) is 9.59 Å². The lowest BCUT2D eigenvalue weighted by Gasteiger charge is -2.38. The molecule has 0 unspecified atom stereocenters. The van der Waals surface area contributed by atoms with Crippen LogP contribution in [0.5, 0.6) is 0 Å². The van der Waals surface area contributed by atoms with Gasteiger partial charge in [-0.2, -0.15) is 0 Å². The molecule has 2 amide bonds. The summed E-state index contributed by atoms with van der Waals surface area (Å²) in [6.07, 6.45) is 5.58. The zero-order chi connectivity index (χ0) is 18.7. The van der Waals surface area contributed by atoms with Crippen LogP contribution in [0.2, 0.25) is 0 Å². The molecule has 0 aromatic heterocycles. The van der Waals surface area contributed by atoms with E-state index in [1.807, 2.05) is 30.9 Å². The number of nitrogens with zero attached hydrogens (tertiary/aromatic N) is 1. The molecule has 1 aliphatic heterocycles. The number of hydrogen-bond acceptors (Lipinski definition) is 2. The van der Waals surface area contributed by atoms with Crippen LogP contribution in [0.1, 0.15) is 57.9 Å². The van der Waals surface area contributed by atoms with E-state index >= 15 is 0 Å². The Morgan fingerprint density at radius 2 is 1.85 bits per heavy atom. The van der Waals surface area contributed by atoms with Crippen LogP contribution >= 0.6 is 15.9 Å². The smallest absolute Gasteiger partial charge is 0.233 e. The monoisotopic (exact) mass is 420 g/mol. The van der Waals surface area contributed by atoms with E-state index in [4.69, 9.17) is 0 Å². The minimum atomic E-state index is -0.378. The molecule has 1 saturated heterocycles. The van der Waals surface area contributed by atoms with E-state index < -0.39 is 0 Å². The lowest BCUT2D eigenvalue weighted by atomic mass is 9.77. The third-order valence-electron chi connectivity index (χ3n) is 5.83. The van der Waals surface area contributed by atoms with Gasteiger partial charge in [0.25, 0.3) is 0 Å². The molecule has 5 heteroatoms. The van der Waals surface area contributed by atoms with Crippen LogP contribution < -0.4 is 5.32 Å². The maximum absolute atomic E-state index is 13.5. The third kappa shape index (κ3) is 3.98. The van der Waals surface area contributed by atoms with Crippen LogP contribution in [0.25, 0.3) is 0 Å². The summed E-state index contributed by atoms with van der Waals surface area (Å²) in [5.74, 6) is 0.428. The van der Waals surface area contributed by atoms with Crippen LogP contribution in [-0.2, 0) is 15.0 Å². The lowest BCUT2D eigenvalue weighted by Crippen LogP contribution is -2.50. The number of carbonyl (C=O) groups is 2. The molecule has 1 aliphatic carbocycles. The molecular formula is C21H29BrN2O2. The van der Waals surface area contributed by atoms with Crippen molar-refractivity contribution in [3.05, 3.63) is 34.3 Å². The molecule has 2 aliphatic rings. The van der Waals surface area contributed by atoms with Crippen molar-refractivity contribution in [1.82, 2.24) is 10.2 Å². The summed E-state index contributed by atoms with van der Waals surface area (Å²) in [5, 5.41) is 3.00. The van der Waals surface area contributed by atoms with Crippen molar-refractivity contribution in [2.45, 2.75) is 63.8 Å². The summed E-state index contributed by atoms with van der Waals surface area (Å²) in [4.78, 5) is 27.7. The van der Waals surface area contributed by atoms with Gasteiger partial charge < -0.3 is 10.2 Å². The number of carbonyl (C=O) groups excluding carboxylic acids is 2. The van der Waals surface area contributed by atoms with Gasteiger partial charge in [0.05, 0.1) is 5.41 Å². The molecule has 142 valence electrons. The Morgan fingerprint density at radius 3 is 2.42 bits per heavy atom. The maximum atomic E-state index is 13.5. The van der Waals surface area contributed by atoms with Crippen molar-refractivity contribution in [2.24, 2.45) is 5.92 Å². The standard InChI is InChI=1S/C21H29BrN2O2/c1-15(2)23-19(25)16-8-12-24(13-9-16)20(26)21(10-3-4-11-21)17-6-5-7-18(22)14-17/h5-7,14-16H,3-4,8-13H2,1-2H3,(H,23,25). The number of nitrogens with one attached hydrogen (secondary N) is 1. The second kappa shape index (κ2) is 8.12. The summed E-state index contributed by atoms with van der Waals surface area (Å²) in [7, 11) is 0. The van der Waals surface area contributed by atoms with Crippen LogP contribution in [0, 0.1) is 5.92 Å². The first-order chi connectivity index (χ1) is 12.4. The zero-order valence-corrected chi connectivity index (χ0v) is 17.3. The number of likely N-dealkylation sites (tertiary alicyclic amines) is 1. The second-order valence-electron chi connectivity index (χ2n) is 8.03. The number of amides is 2. The Balaban J connectivity index is 1.71. The molecule has 1 aromatic rings. The Bertz CT molecular complexity index is 660. The number of halogens is 1. The van der Waals surface area contributed by atoms with Gasteiger partial charge >= 0.3 is 0 Å². The normalized spacial score (nSPS) is 20.4. The van der Waals surface area contributed by atoms with Gasteiger partial charge in [0.2, 0.25) is 11.8 Å². The van der Waals surface area contributed by atoms with Gasteiger partial charge in [0.15, 0.2) is 0 Å². The number of piperidine rings is 1. The van der Waals surface area contributed by atoms with E-state index in [1.165, 1.54) is 0 Å². The summed E-state index contributed by atoms with van der Waals surface area (Å²) < 4.78 is 1.03. The second-order valence-corrected chi connectivity index (χ2v) is 8.94. The van der Waals surface area contributed by atoms with Gasteiger partial charge in [0, 0.05) is 29.5 Å². The van der Waals surface area contributed by atoms with E-state index in [-0.39, 0.29) is 29.2 Å². The molecule has 1 heterocycles. The van der Waals surface area contributed by atoms with Gasteiger partial charge in [-0.25, -0.2) is 0 Å². The van der Waals surface area contributed by atoms with E-state index in [0.29, 0.717) is 13.1 Å². The van der Waals surface area contributed by atoms with Crippen molar-refractivity contribution in [2.75, 3.05) is 13.1 Å². The van der Waals surface area contributed by atoms with Crippen LogP contribution in [0.3, 0.4) is 0 Å². The predicted octanol–water partition coefficient (Wildman–Crippen LogP) is 4.02. The topological polar surface area (TPSA) is 49.4 Å². The maximum Gasteiger partial charge on any atom is 0.233 e. The van der Waals surface area contributed by atoms with Gasteiger partial charge in [0.1, 0.15) is 0 Å². The highest BCUT2D eigenvalue weighted by Gasteiger charge is 2.45. The fourth-order valence-corrected chi connectivity index (χ4v) is 4.84. The third-order valence-corrected chi connectivity index (χ3v) is 6.32. The van der Waals surface area contributed by atoms with Crippen molar-refractivity contribution in [3.63, 3.8) is 0 Å². The molecule has 1 N–H and O–H groups in total. The van der Waals surface area contributed by atoms with E-state index in [2.05, 4.69) is 33.4 Å². The molecule has 1 aromatic carbocycles. The molecule has 4 nitrogen and oxygen atoms in total. The highest BCUT2D eigenvalue weighted by molar-refractivity contribution is 9.10. The number of rotatable bonds is 4. The molecular weight excluding hydrogens is 392 g/mol. The van der Waals surface area contributed by atoms with Gasteiger partial charge in [-0.1, -0.05) is 40.9 Å². The molecule has 1 saturated carbocycles. The van der Waals surface area contributed by atoms with Crippen LogP contribution in [-0.4, -0.2) is 35.8 Å². The first-order valence-electron chi connectivity index (χ1n) is 9.78. The van der Waals surface area contributed by atoms with Gasteiger partial charge in [-0.05, 0) is 57.2 Å². The summed E-state index contributed by atoms with van der Waals surface area (Å²) in [6, 6.07) is 8.40. The lowest BCUT2D eigenvalue weighted by molar-refractivity contribution is -0.140. The van der Waals surface area contributed by atoms with Crippen molar-refractivity contribution < 1.29 is 9.59 Å². The summed E-state index contributed by atoms with van der Waals surface area (Å²) >= 11 is 3.55. The largest absolute Gasteiger partial charge is 0.354 e. The quantitative estimate of drug-likeness (QED) is 0.798. The Kier molecular flexibility index (Phi) is 6.06. The molecule has 0 spiro atoms. The molecule has 3 rings (SSSR count). The number of benzene rings is 1. The van der Waals surface area contributed by atoms with E-state index in [9.17, 15) is 9.59 Å². The molecule has 0 atom stereocenters. The van der Waals surface area contributed by atoms with Crippen molar-refractivity contribution in [1.29, 1.82) is 0 Å². The zero-order valence-electron chi connectivity index (χ0n) is 15.8. The van der Waals surface area contributed by atoms with Crippen LogP contribution in [0.4, 0.5) is 0 Å². The molecule has 2 fully saturated rings. The molecule has 0 bridgehead atoms. The van der Waals surface area contributed by atoms with E-state index in [1.54, 1.807) is 0 Å². The Labute approximate surface area is 164 Å². The molecule has 0 radical (unpaired) electrons. The van der Waals surface area contributed by atoms with Crippen molar-refractivity contribution >= 4 is 27.7 Å². The minimum absolute atomic E-state index is 0.0341. The fourth-order valence-electron chi connectivity index (χ4n) is 4.44. The highest BCUT2D eigenvalue weighted by atomic mass is 79.9. The Morgan fingerprint density at radius 1 is 1.19 bits per heavy atom. The first kappa shape index (κ1) is 19.4. The summed E-state index contributed by atoms with van der Waals surface area (Å²) in [6.45, 7) is 5.34. The highest BCUT2D eigenvalue weighted by Crippen LogP contribution is 2.43. The minimum Gasteiger partial charge on any atom is -0.354 e. The molecule has 26 heavy (non-hydrogen) atoms. The average Bonchev–Trinajstić information content (AvgIpc) is 3.12. The SMILES string of the molecule is CC(C)NC(=O)C1CCN(C(=O)C2(c3cccc(Br)c3)CCCC2)CC1. The van der Waals surface area contributed by atoms with Gasteiger partial charge in [-0.15, -0.1) is 0 Å². The predicted molar refractivity (Wildman–Crippen MR) is 107 cm³/mol. The number of hydrogen-bond donors (Lipinski definition) is 1. The average molecular weight is 421 g/mol. The van der Waals surface area contributed by atoms with Crippen LogP contribution in [0.15, 0.2) is 28.7 Å². The first-order valence-corrected chi connectivity index (χ1v) is 10.6. The summed E-state index contributed by atoms with van der Waals surface area (Å²) in [5.41, 5.74) is 0.755.